The van der Waals surface area contributed by atoms with E-state index in [1.54, 1.807) is 12.1 Å². The maximum atomic E-state index is 11.0. The molecule has 0 heterocycles. The highest BCUT2D eigenvalue weighted by atomic mass is 31.2. The SMILES string of the molecule is NCCN(OP(=O)(O)O)c1cccc2ccccc12. The fourth-order valence-corrected chi connectivity index (χ4v) is 2.30. The average molecular weight is 282 g/mol. The predicted octanol–water partition coefficient (Wildman–Crippen LogP) is 1.63. The standard InChI is InChI=1S/C12H15N2O4P/c13-8-9-14(18-19(15,16)17)12-7-3-5-10-4-1-2-6-11(10)12/h1-7H,8-9,13H2,(H2,15,16,17). The number of phosphoric acid groups is 1. The summed E-state index contributed by atoms with van der Waals surface area (Å²) in [5.74, 6) is 0. The molecule has 0 atom stereocenters. The van der Waals surface area contributed by atoms with Crippen LogP contribution in [0, 0.1) is 0 Å². The van der Waals surface area contributed by atoms with Crippen LogP contribution in [0.5, 0.6) is 0 Å². The van der Waals surface area contributed by atoms with Crippen LogP contribution >= 0.6 is 7.82 Å². The molecule has 102 valence electrons. The third-order valence-corrected chi connectivity index (χ3v) is 2.98. The summed E-state index contributed by atoms with van der Waals surface area (Å²) < 4.78 is 15.7. The van der Waals surface area contributed by atoms with Gasteiger partial charge in [-0.3, -0.25) is 0 Å². The maximum absolute atomic E-state index is 11.0. The molecule has 2 rings (SSSR count). The number of nitrogens with two attached hydrogens (primary N) is 1. The second kappa shape index (κ2) is 5.69. The fourth-order valence-electron chi connectivity index (χ4n) is 1.88. The highest BCUT2D eigenvalue weighted by molar-refractivity contribution is 7.46. The van der Waals surface area contributed by atoms with Gasteiger partial charge in [-0.25, -0.2) is 9.63 Å². The van der Waals surface area contributed by atoms with Crippen LogP contribution in [0.15, 0.2) is 42.5 Å². The number of anilines is 1. The van der Waals surface area contributed by atoms with E-state index in [0.29, 0.717) is 5.69 Å². The minimum absolute atomic E-state index is 0.180. The Labute approximate surface area is 110 Å². The number of hydroxylamine groups is 1. The molecule has 0 bridgehead atoms. The van der Waals surface area contributed by atoms with Crippen LogP contribution in [0.2, 0.25) is 0 Å². The van der Waals surface area contributed by atoms with Crippen LogP contribution in [-0.4, -0.2) is 22.9 Å². The van der Waals surface area contributed by atoms with Gasteiger partial charge in [0.05, 0.1) is 12.2 Å². The summed E-state index contributed by atoms with van der Waals surface area (Å²) in [4.78, 5) is 17.9. The number of fused-ring (bicyclic) bond motifs is 1. The van der Waals surface area contributed by atoms with Crippen molar-refractivity contribution in [3.8, 4) is 0 Å². The normalized spacial score (nSPS) is 11.7. The molecule has 0 radical (unpaired) electrons. The zero-order valence-electron chi connectivity index (χ0n) is 10.1. The Hall–Kier alpha value is -1.43. The molecular weight excluding hydrogens is 267 g/mol. The van der Waals surface area contributed by atoms with Gasteiger partial charge >= 0.3 is 7.82 Å². The molecule has 19 heavy (non-hydrogen) atoms. The Morgan fingerprint density at radius 1 is 1.16 bits per heavy atom. The molecule has 0 aromatic heterocycles. The van der Waals surface area contributed by atoms with E-state index >= 15 is 0 Å². The van der Waals surface area contributed by atoms with Crippen LogP contribution in [-0.2, 0) is 9.19 Å². The van der Waals surface area contributed by atoms with Gasteiger partial charge in [0.1, 0.15) is 0 Å². The van der Waals surface area contributed by atoms with Crippen molar-refractivity contribution in [1.29, 1.82) is 0 Å². The van der Waals surface area contributed by atoms with Gasteiger partial charge in [0, 0.05) is 11.9 Å². The van der Waals surface area contributed by atoms with Crippen molar-refractivity contribution >= 4 is 24.3 Å². The topological polar surface area (TPSA) is 96.0 Å². The Balaban J connectivity index is 2.47. The first-order chi connectivity index (χ1) is 9.01. The van der Waals surface area contributed by atoms with E-state index in [4.69, 9.17) is 20.1 Å². The first-order valence-corrected chi connectivity index (χ1v) is 7.25. The first kappa shape index (κ1) is 14.0. The molecule has 0 saturated heterocycles. The van der Waals surface area contributed by atoms with E-state index in [-0.39, 0.29) is 13.1 Å². The van der Waals surface area contributed by atoms with Crippen LogP contribution in [0.3, 0.4) is 0 Å². The first-order valence-electron chi connectivity index (χ1n) is 5.72. The van der Waals surface area contributed by atoms with Crippen LogP contribution in [0.25, 0.3) is 10.8 Å². The summed E-state index contributed by atoms with van der Waals surface area (Å²) >= 11 is 0. The van der Waals surface area contributed by atoms with E-state index in [2.05, 4.69) is 0 Å². The van der Waals surface area contributed by atoms with Crippen LogP contribution in [0.4, 0.5) is 5.69 Å². The van der Waals surface area contributed by atoms with Gasteiger partial charge in [0.15, 0.2) is 0 Å². The summed E-state index contributed by atoms with van der Waals surface area (Å²) in [6, 6.07) is 13.0. The third kappa shape index (κ3) is 3.53. The zero-order valence-corrected chi connectivity index (χ0v) is 11.0. The maximum Gasteiger partial charge on any atom is 0.491 e. The molecule has 0 aliphatic heterocycles. The van der Waals surface area contributed by atoms with Gasteiger partial charge in [0.2, 0.25) is 0 Å². The second-order valence-corrected chi connectivity index (χ2v) is 5.11. The predicted molar refractivity (Wildman–Crippen MR) is 73.5 cm³/mol. The minimum Gasteiger partial charge on any atom is -0.329 e. The molecule has 2 aromatic carbocycles. The zero-order chi connectivity index (χ0) is 13.9. The Kier molecular flexibility index (Phi) is 4.19. The van der Waals surface area contributed by atoms with Crippen LogP contribution in [0.1, 0.15) is 0 Å². The van der Waals surface area contributed by atoms with Crippen molar-refractivity contribution in [1.82, 2.24) is 0 Å². The summed E-state index contributed by atoms with van der Waals surface area (Å²) in [6.07, 6.45) is 0. The van der Waals surface area contributed by atoms with Gasteiger partial charge in [-0.1, -0.05) is 36.4 Å². The third-order valence-electron chi connectivity index (χ3n) is 2.57. The van der Waals surface area contributed by atoms with Crippen molar-refractivity contribution in [2.24, 2.45) is 5.73 Å². The molecule has 0 saturated carbocycles. The van der Waals surface area contributed by atoms with Crippen molar-refractivity contribution in [2.75, 3.05) is 18.2 Å². The molecule has 7 heteroatoms. The number of hydrogen-bond donors (Lipinski definition) is 3. The molecule has 0 fully saturated rings. The summed E-state index contributed by atoms with van der Waals surface area (Å²) in [5, 5.41) is 2.94. The lowest BCUT2D eigenvalue weighted by Crippen LogP contribution is -2.28. The van der Waals surface area contributed by atoms with Crippen molar-refractivity contribution in [3.63, 3.8) is 0 Å². The van der Waals surface area contributed by atoms with E-state index in [1.807, 2.05) is 30.3 Å². The quantitative estimate of drug-likeness (QED) is 0.570. The molecule has 0 unspecified atom stereocenters. The Morgan fingerprint density at radius 3 is 2.53 bits per heavy atom. The lowest BCUT2D eigenvalue weighted by atomic mass is 10.1. The number of benzene rings is 2. The number of nitrogens with zero attached hydrogens (tertiary/aromatic N) is 1. The summed E-state index contributed by atoms with van der Waals surface area (Å²) in [5.41, 5.74) is 6.03. The van der Waals surface area contributed by atoms with Gasteiger partial charge in [-0.15, -0.1) is 0 Å². The van der Waals surface area contributed by atoms with E-state index in [1.165, 1.54) is 0 Å². The van der Waals surface area contributed by atoms with Crippen molar-refractivity contribution in [2.45, 2.75) is 0 Å². The van der Waals surface area contributed by atoms with Gasteiger partial charge < -0.3 is 15.5 Å². The van der Waals surface area contributed by atoms with Gasteiger partial charge in [-0.05, 0) is 11.5 Å². The van der Waals surface area contributed by atoms with E-state index in [0.717, 1.165) is 15.8 Å². The molecule has 2 aromatic rings. The summed E-state index contributed by atoms with van der Waals surface area (Å²) in [7, 11) is -4.62. The minimum atomic E-state index is -4.62. The molecule has 0 aliphatic carbocycles. The highest BCUT2D eigenvalue weighted by Gasteiger charge is 2.22. The lowest BCUT2D eigenvalue weighted by Gasteiger charge is -2.24. The molecule has 0 spiro atoms. The molecule has 0 amide bonds. The Morgan fingerprint density at radius 2 is 1.84 bits per heavy atom. The molecule has 4 N–H and O–H groups in total. The van der Waals surface area contributed by atoms with Gasteiger partial charge in [0.25, 0.3) is 0 Å². The second-order valence-electron chi connectivity index (χ2n) is 3.96. The van der Waals surface area contributed by atoms with Crippen LogP contribution < -0.4 is 10.8 Å². The van der Waals surface area contributed by atoms with E-state index in [9.17, 15) is 4.57 Å². The largest absolute Gasteiger partial charge is 0.491 e. The Bertz CT molecular complexity index is 608. The lowest BCUT2D eigenvalue weighted by molar-refractivity contribution is 0.180. The molecular formula is C12H15N2O4P. The summed E-state index contributed by atoms with van der Waals surface area (Å²) in [6.45, 7) is 0.391. The number of rotatable bonds is 5. The number of hydrogen-bond acceptors (Lipinski definition) is 4. The highest BCUT2D eigenvalue weighted by Crippen LogP contribution is 2.40. The van der Waals surface area contributed by atoms with Crippen molar-refractivity contribution < 1.29 is 19.0 Å². The monoisotopic (exact) mass is 282 g/mol. The fraction of sp³-hybridized carbons (Fsp3) is 0.167. The van der Waals surface area contributed by atoms with Crippen molar-refractivity contribution in [3.05, 3.63) is 42.5 Å². The van der Waals surface area contributed by atoms with E-state index < -0.39 is 7.82 Å². The van der Waals surface area contributed by atoms with Gasteiger partial charge in [-0.2, -0.15) is 4.62 Å². The smallest absolute Gasteiger partial charge is 0.329 e. The molecule has 6 nitrogen and oxygen atoms in total. The molecule has 0 aliphatic rings. The average Bonchev–Trinajstić information content (AvgIpc) is 2.36.